The minimum absolute atomic E-state index is 0.189. The van der Waals surface area contributed by atoms with Gasteiger partial charge in [0.25, 0.3) is 0 Å². The molecule has 1 aromatic rings. The fourth-order valence-electron chi connectivity index (χ4n) is 3.21. The molecule has 0 bridgehead atoms. The van der Waals surface area contributed by atoms with Crippen LogP contribution in [0.2, 0.25) is 0 Å². The lowest BCUT2D eigenvalue weighted by Gasteiger charge is -2.38. The zero-order chi connectivity index (χ0) is 13.8. The highest BCUT2D eigenvalue weighted by atomic mass is 79.9. The van der Waals surface area contributed by atoms with Crippen LogP contribution in [0.1, 0.15) is 50.8 Å². The van der Waals surface area contributed by atoms with Crippen LogP contribution in [0.5, 0.6) is 0 Å². The summed E-state index contributed by atoms with van der Waals surface area (Å²) in [5, 5.41) is 0. The van der Waals surface area contributed by atoms with E-state index in [0.717, 1.165) is 16.3 Å². The van der Waals surface area contributed by atoms with Crippen molar-refractivity contribution in [1.82, 2.24) is 4.90 Å². The van der Waals surface area contributed by atoms with Gasteiger partial charge >= 0.3 is 0 Å². The lowest BCUT2D eigenvalue weighted by Crippen LogP contribution is -2.40. The topological polar surface area (TPSA) is 42.4 Å². The third-order valence-electron chi connectivity index (χ3n) is 4.61. The number of hydrogen-bond donors (Lipinski definition) is 1. The third-order valence-corrected chi connectivity index (χ3v) is 5.03. The van der Waals surface area contributed by atoms with E-state index in [9.17, 15) is 0 Å². The summed E-state index contributed by atoms with van der Waals surface area (Å²) in [6.07, 6.45) is 6.60. The third kappa shape index (κ3) is 3.61. The first kappa shape index (κ1) is 15.1. The van der Waals surface area contributed by atoms with Crippen molar-refractivity contribution in [3.8, 4) is 0 Å². The molecule has 1 heterocycles. The van der Waals surface area contributed by atoms with E-state index >= 15 is 0 Å². The van der Waals surface area contributed by atoms with Gasteiger partial charge in [0.05, 0.1) is 6.04 Å². The van der Waals surface area contributed by atoms with E-state index in [1.54, 1.807) is 0 Å². The number of nitrogens with two attached hydrogens (primary N) is 1. The molecule has 108 valence electrons. The van der Waals surface area contributed by atoms with Gasteiger partial charge in [-0.25, -0.2) is 0 Å². The van der Waals surface area contributed by atoms with Gasteiger partial charge in [0.2, 0.25) is 0 Å². The molecular formula is C15H25BrN2O. The molecule has 0 aromatic carbocycles. The first-order valence-electron chi connectivity index (χ1n) is 7.33. The number of likely N-dealkylation sites (N-methyl/N-ethyl adjacent to an activating group) is 1. The van der Waals surface area contributed by atoms with E-state index in [-0.39, 0.29) is 6.04 Å². The van der Waals surface area contributed by atoms with Crippen molar-refractivity contribution in [3.05, 3.63) is 22.6 Å². The molecule has 1 atom stereocenters. The van der Waals surface area contributed by atoms with Gasteiger partial charge in [-0.2, -0.15) is 0 Å². The second kappa shape index (κ2) is 6.91. The standard InChI is InChI=1S/C15H25BrN2O/c1-3-11-4-6-12(7-5-11)18(2)13(10-17)14-8-9-15(16)19-14/h8-9,11-13H,3-7,10,17H2,1-2H3. The Morgan fingerprint density at radius 1 is 1.37 bits per heavy atom. The van der Waals surface area contributed by atoms with E-state index in [4.69, 9.17) is 10.2 Å². The Morgan fingerprint density at radius 3 is 2.53 bits per heavy atom. The van der Waals surface area contributed by atoms with Gasteiger partial charge in [-0.15, -0.1) is 0 Å². The zero-order valence-corrected chi connectivity index (χ0v) is 13.5. The molecule has 0 spiro atoms. The van der Waals surface area contributed by atoms with Gasteiger partial charge in [-0.1, -0.05) is 13.3 Å². The highest BCUT2D eigenvalue weighted by Crippen LogP contribution is 2.33. The molecule has 0 radical (unpaired) electrons. The Kier molecular flexibility index (Phi) is 5.48. The average Bonchev–Trinajstić information content (AvgIpc) is 2.86. The highest BCUT2D eigenvalue weighted by Gasteiger charge is 2.28. The molecule has 1 fully saturated rings. The van der Waals surface area contributed by atoms with E-state index in [0.29, 0.717) is 12.6 Å². The van der Waals surface area contributed by atoms with Crippen LogP contribution in [0.3, 0.4) is 0 Å². The summed E-state index contributed by atoms with van der Waals surface area (Å²) >= 11 is 3.37. The molecular weight excluding hydrogens is 304 g/mol. The Bertz CT molecular complexity index is 385. The zero-order valence-electron chi connectivity index (χ0n) is 11.9. The SMILES string of the molecule is CCC1CCC(N(C)C(CN)c2ccc(Br)o2)CC1. The minimum atomic E-state index is 0.189. The van der Waals surface area contributed by atoms with Gasteiger partial charge < -0.3 is 10.2 Å². The molecule has 1 unspecified atom stereocenters. The monoisotopic (exact) mass is 328 g/mol. The Hall–Kier alpha value is -0.320. The number of rotatable bonds is 5. The maximum atomic E-state index is 5.96. The Labute approximate surface area is 124 Å². The van der Waals surface area contributed by atoms with Crippen LogP contribution in [0.15, 0.2) is 21.2 Å². The maximum Gasteiger partial charge on any atom is 0.169 e. The summed E-state index contributed by atoms with van der Waals surface area (Å²) in [6.45, 7) is 2.90. The van der Waals surface area contributed by atoms with Gasteiger partial charge in [-0.05, 0) is 66.7 Å². The van der Waals surface area contributed by atoms with Crippen LogP contribution in [0.25, 0.3) is 0 Å². The molecule has 0 aliphatic heterocycles. The van der Waals surface area contributed by atoms with Gasteiger partial charge in [-0.3, -0.25) is 4.90 Å². The lowest BCUT2D eigenvalue weighted by molar-refractivity contribution is 0.110. The van der Waals surface area contributed by atoms with Crippen LogP contribution >= 0.6 is 15.9 Å². The molecule has 1 aliphatic carbocycles. The molecule has 2 N–H and O–H groups in total. The van der Waals surface area contributed by atoms with Crippen LogP contribution < -0.4 is 5.73 Å². The summed E-state index contributed by atoms with van der Waals surface area (Å²) in [6, 6.07) is 4.80. The summed E-state index contributed by atoms with van der Waals surface area (Å²) in [7, 11) is 2.19. The van der Waals surface area contributed by atoms with E-state index < -0.39 is 0 Å². The van der Waals surface area contributed by atoms with Gasteiger partial charge in [0.1, 0.15) is 5.76 Å². The predicted octanol–water partition coefficient (Wildman–Crippen LogP) is 3.94. The van der Waals surface area contributed by atoms with Crippen LogP contribution in [0, 0.1) is 5.92 Å². The largest absolute Gasteiger partial charge is 0.453 e. The van der Waals surface area contributed by atoms with Crippen molar-refractivity contribution in [1.29, 1.82) is 0 Å². The highest BCUT2D eigenvalue weighted by molar-refractivity contribution is 9.10. The van der Waals surface area contributed by atoms with Crippen LogP contribution in [-0.4, -0.2) is 24.5 Å². The van der Waals surface area contributed by atoms with Gasteiger partial charge in [0, 0.05) is 12.6 Å². The van der Waals surface area contributed by atoms with Crippen molar-refractivity contribution in [2.24, 2.45) is 11.7 Å². The number of halogens is 1. The van der Waals surface area contributed by atoms with E-state index in [2.05, 4.69) is 34.8 Å². The summed E-state index contributed by atoms with van der Waals surface area (Å²) < 4.78 is 6.47. The number of hydrogen-bond acceptors (Lipinski definition) is 3. The molecule has 19 heavy (non-hydrogen) atoms. The first-order valence-corrected chi connectivity index (χ1v) is 8.12. The van der Waals surface area contributed by atoms with E-state index in [1.807, 2.05) is 12.1 Å². The number of furan rings is 1. The van der Waals surface area contributed by atoms with Crippen molar-refractivity contribution >= 4 is 15.9 Å². The molecule has 1 aromatic heterocycles. The summed E-state index contributed by atoms with van der Waals surface area (Å²) in [5.74, 6) is 1.90. The predicted molar refractivity (Wildman–Crippen MR) is 82.0 cm³/mol. The molecule has 0 amide bonds. The van der Waals surface area contributed by atoms with E-state index in [1.165, 1.54) is 32.1 Å². The second-order valence-corrected chi connectivity index (χ2v) is 6.42. The summed E-state index contributed by atoms with van der Waals surface area (Å²) in [5.41, 5.74) is 5.96. The van der Waals surface area contributed by atoms with Crippen LogP contribution in [-0.2, 0) is 0 Å². The molecule has 0 saturated heterocycles. The number of nitrogens with zero attached hydrogens (tertiary/aromatic N) is 1. The Balaban J connectivity index is 1.99. The fourth-order valence-corrected chi connectivity index (χ4v) is 3.52. The Morgan fingerprint density at radius 2 is 2.05 bits per heavy atom. The molecule has 2 rings (SSSR count). The summed E-state index contributed by atoms with van der Waals surface area (Å²) in [4.78, 5) is 2.41. The average molecular weight is 329 g/mol. The normalized spacial score (nSPS) is 25.7. The van der Waals surface area contributed by atoms with Crippen molar-refractivity contribution < 1.29 is 4.42 Å². The second-order valence-electron chi connectivity index (χ2n) is 5.64. The molecule has 1 aliphatic rings. The van der Waals surface area contributed by atoms with Crippen molar-refractivity contribution in [2.45, 2.75) is 51.1 Å². The quantitative estimate of drug-likeness (QED) is 0.890. The van der Waals surface area contributed by atoms with Gasteiger partial charge in [0.15, 0.2) is 4.67 Å². The molecule has 1 saturated carbocycles. The smallest absolute Gasteiger partial charge is 0.169 e. The first-order chi connectivity index (χ1) is 9.15. The molecule has 3 nitrogen and oxygen atoms in total. The lowest BCUT2D eigenvalue weighted by atomic mass is 9.83. The fraction of sp³-hybridized carbons (Fsp3) is 0.733. The maximum absolute atomic E-state index is 5.96. The van der Waals surface area contributed by atoms with Crippen molar-refractivity contribution in [3.63, 3.8) is 0 Å². The minimum Gasteiger partial charge on any atom is -0.453 e. The van der Waals surface area contributed by atoms with Crippen molar-refractivity contribution in [2.75, 3.05) is 13.6 Å². The van der Waals surface area contributed by atoms with Crippen LogP contribution in [0.4, 0.5) is 0 Å². The molecule has 4 heteroatoms.